The van der Waals surface area contributed by atoms with Gasteiger partial charge in [-0.1, -0.05) is 25.3 Å². The summed E-state index contributed by atoms with van der Waals surface area (Å²) < 4.78 is 0. The quantitative estimate of drug-likeness (QED) is 0.665. The first-order chi connectivity index (χ1) is 9.66. The molecule has 6 nitrogen and oxygen atoms in total. The van der Waals surface area contributed by atoms with Crippen molar-refractivity contribution in [3.63, 3.8) is 0 Å². The van der Waals surface area contributed by atoms with Gasteiger partial charge in [-0.3, -0.25) is 10.1 Å². The molecule has 6 heteroatoms. The third kappa shape index (κ3) is 3.94. The largest absolute Gasteiger partial charge is 0.325 e. The van der Waals surface area contributed by atoms with Gasteiger partial charge in [0.1, 0.15) is 0 Å². The smallest absolute Gasteiger partial charge is 0.321 e. The maximum atomic E-state index is 12.2. The summed E-state index contributed by atoms with van der Waals surface area (Å²) in [6.07, 6.45) is 5.58. The zero-order valence-electron chi connectivity index (χ0n) is 11.4. The van der Waals surface area contributed by atoms with Crippen LogP contribution >= 0.6 is 0 Å². The van der Waals surface area contributed by atoms with Crippen LogP contribution in [-0.2, 0) is 0 Å². The van der Waals surface area contributed by atoms with Gasteiger partial charge in [0.2, 0.25) is 0 Å². The Bertz CT molecular complexity index is 482. The Morgan fingerprint density at radius 2 is 1.80 bits per heavy atom. The fraction of sp³-hybridized carbons (Fsp3) is 0.500. The fourth-order valence-electron chi connectivity index (χ4n) is 2.35. The van der Waals surface area contributed by atoms with Gasteiger partial charge in [0.25, 0.3) is 5.69 Å². The molecule has 20 heavy (non-hydrogen) atoms. The van der Waals surface area contributed by atoms with Crippen molar-refractivity contribution >= 4 is 17.4 Å². The lowest BCUT2D eigenvalue weighted by molar-refractivity contribution is -0.384. The molecule has 1 aliphatic heterocycles. The highest BCUT2D eigenvalue weighted by Gasteiger charge is 2.15. The van der Waals surface area contributed by atoms with E-state index in [1.54, 1.807) is 17.0 Å². The third-order valence-corrected chi connectivity index (χ3v) is 3.45. The lowest BCUT2D eigenvalue weighted by atomic mass is 10.1. The lowest BCUT2D eigenvalue weighted by Gasteiger charge is -2.25. The number of benzene rings is 1. The van der Waals surface area contributed by atoms with E-state index in [4.69, 9.17) is 0 Å². The number of hydrogen-bond donors (Lipinski definition) is 1. The van der Waals surface area contributed by atoms with Crippen molar-refractivity contribution in [2.24, 2.45) is 0 Å². The number of non-ortho nitro benzene ring substituents is 1. The van der Waals surface area contributed by atoms with E-state index in [9.17, 15) is 14.9 Å². The average molecular weight is 277 g/mol. The van der Waals surface area contributed by atoms with E-state index >= 15 is 0 Å². The van der Waals surface area contributed by atoms with Crippen molar-refractivity contribution in [3.8, 4) is 0 Å². The van der Waals surface area contributed by atoms with E-state index in [2.05, 4.69) is 5.32 Å². The van der Waals surface area contributed by atoms with E-state index in [-0.39, 0.29) is 11.7 Å². The molecule has 0 atom stereocenters. The molecule has 1 fully saturated rings. The first-order valence-corrected chi connectivity index (χ1v) is 6.97. The molecule has 1 aromatic rings. The summed E-state index contributed by atoms with van der Waals surface area (Å²) in [6.45, 7) is 1.50. The summed E-state index contributed by atoms with van der Waals surface area (Å²) in [4.78, 5) is 24.2. The Kier molecular flexibility index (Phi) is 4.92. The molecular formula is C14H19N3O3. The number of rotatable bonds is 2. The van der Waals surface area contributed by atoms with E-state index in [1.165, 1.54) is 18.6 Å². The predicted molar refractivity (Wildman–Crippen MR) is 76.8 cm³/mol. The first kappa shape index (κ1) is 14.3. The van der Waals surface area contributed by atoms with Gasteiger partial charge >= 0.3 is 6.03 Å². The second kappa shape index (κ2) is 6.88. The molecule has 1 heterocycles. The first-order valence-electron chi connectivity index (χ1n) is 6.97. The minimum atomic E-state index is -0.467. The molecule has 108 valence electrons. The van der Waals surface area contributed by atoms with Crippen molar-refractivity contribution < 1.29 is 9.72 Å². The summed E-state index contributed by atoms with van der Waals surface area (Å²) in [5.41, 5.74) is 0.446. The van der Waals surface area contributed by atoms with Gasteiger partial charge in [0, 0.05) is 30.9 Å². The van der Waals surface area contributed by atoms with Crippen LogP contribution in [-0.4, -0.2) is 28.9 Å². The Labute approximate surface area is 117 Å². The van der Waals surface area contributed by atoms with Crippen LogP contribution in [0.5, 0.6) is 0 Å². The van der Waals surface area contributed by atoms with Gasteiger partial charge in [-0.25, -0.2) is 4.79 Å². The normalized spacial score (nSPS) is 16.1. The number of likely N-dealkylation sites (tertiary alicyclic amines) is 1. The second-order valence-electron chi connectivity index (χ2n) is 4.99. The predicted octanol–water partition coefficient (Wildman–Crippen LogP) is 3.39. The number of anilines is 1. The van der Waals surface area contributed by atoms with E-state index in [0.29, 0.717) is 5.69 Å². The number of amides is 2. The third-order valence-electron chi connectivity index (χ3n) is 3.45. The van der Waals surface area contributed by atoms with Crippen LogP contribution in [0.15, 0.2) is 24.3 Å². The van der Waals surface area contributed by atoms with Crippen molar-refractivity contribution in [2.75, 3.05) is 18.4 Å². The van der Waals surface area contributed by atoms with Gasteiger partial charge in [0.05, 0.1) is 4.92 Å². The number of urea groups is 1. The average Bonchev–Trinajstić information content (AvgIpc) is 2.38. The van der Waals surface area contributed by atoms with Gasteiger partial charge in [-0.15, -0.1) is 0 Å². The van der Waals surface area contributed by atoms with Crippen LogP contribution in [0.25, 0.3) is 0 Å². The van der Waals surface area contributed by atoms with Gasteiger partial charge in [-0.05, 0) is 18.9 Å². The molecule has 0 aromatic heterocycles. The maximum absolute atomic E-state index is 12.2. The van der Waals surface area contributed by atoms with Crippen LogP contribution in [0.4, 0.5) is 16.2 Å². The van der Waals surface area contributed by atoms with Crippen LogP contribution in [0.1, 0.15) is 32.1 Å². The maximum Gasteiger partial charge on any atom is 0.321 e. The number of nitro groups is 1. The highest BCUT2D eigenvalue weighted by molar-refractivity contribution is 5.89. The molecule has 0 unspecified atom stereocenters. The summed E-state index contributed by atoms with van der Waals surface area (Å²) in [6, 6.07) is 5.84. The Morgan fingerprint density at radius 3 is 2.45 bits per heavy atom. The molecule has 0 bridgehead atoms. The van der Waals surface area contributed by atoms with Gasteiger partial charge in [-0.2, -0.15) is 0 Å². The number of carbonyl (C=O) groups is 1. The van der Waals surface area contributed by atoms with Crippen LogP contribution in [0.3, 0.4) is 0 Å². The molecule has 2 amide bonds. The topological polar surface area (TPSA) is 75.5 Å². The monoisotopic (exact) mass is 277 g/mol. The van der Waals surface area contributed by atoms with Crippen LogP contribution in [0.2, 0.25) is 0 Å². The number of carbonyl (C=O) groups excluding carboxylic acids is 1. The SMILES string of the molecule is O=C(Nc1cccc([N+](=O)[O-])c1)N1CCCCCCC1. The highest BCUT2D eigenvalue weighted by atomic mass is 16.6. The minimum Gasteiger partial charge on any atom is -0.325 e. The fourth-order valence-corrected chi connectivity index (χ4v) is 2.35. The van der Waals surface area contributed by atoms with Crippen molar-refractivity contribution in [1.29, 1.82) is 0 Å². The molecule has 0 radical (unpaired) electrons. The van der Waals surface area contributed by atoms with Gasteiger partial charge in [0.15, 0.2) is 0 Å². The van der Waals surface area contributed by atoms with E-state index < -0.39 is 4.92 Å². The minimum absolute atomic E-state index is 0.0181. The second-order valence-corrected chi connectivity index (χ2v) is 4.99. The number of nitrogens with zero attached hydrogens (tertiary/aromatic N) is 2. The standard InChI is InChI=1S/C14H19N3O3/c18-14(16-9-4-2-1-3-5-10-16)15-12-7-6-8-13(11-12)17(19)20/h6-8,11H,1-5,9-10H2,(H,15,18). The Hall–Kier alpha value is -2.11. The molecular weight excluding hydrogens is 258 g/mol. The molecule has 0 saturated carbocycles. The number of hydrogen-bond acceptors (Lipinski definition) is 3. The summed E-state index contributed by atoms with van der Waals surface area (Å²) in [5.74, 6) is 0. The molecule has 2 rings (SSSR count). The zero-order chi connectivity index (χ0) is 14.4. The van der Waals surface area contributed by atoms with E-state index in [1.807, 2.05) is 0 Å². The van der Waals surface area contributed by atoms with Gasteiger partial charge < -0.3 is 10.2 Å². The molecule has 1 N–H and O–H groups in total. The molecule has 1 saturated heterocycles. The molecule has 0 spiro atoms. The molecule has 1 aromatic carbocycles. The lowest BCUT2D eigenvalue weighted by Crippen LogP contribution is -2.37. The van der Waals surface area contributed by atoms with Crippen molar-refractivity contribution in [3.05, 3.63) is 34.4 Å². The van der Waals surface area contributed by atoms with Crippen molar-refractivity contribution in [1.82, 2.24) is 4.90 Å². The number of nitrogens with one attached hydrogen (secondary N) is 1. The summed E-state index contributed by atoms with van der Waals surface area (Å²) >= 11 is 0. The van der Waals surface area contributed by atoms with Crippen LogP contribution < -0.4 is 5.32 Å². The molecule has 0 aliphatic carbocycles. The highest BCUT2D eigenvalue weighted by Crippen LogP contribution is 2.18. The van der Waals surface area contributed by atoms with Crippen molar-refractivity contribution in [2.45, 2.75) is 32.1 Å². The summed E-state index contributed by atoms with van der Waals surface area (Å²) in [5, 5.41) is 13.4. The Balaban J connectivity index is 1.99. The van der Waals surface area contributed by atoms with Crippen LogP contribution in [0, 0.1) is 10.1 Å². The van der Waals surface area contributed by atoms with E-state index in [0.717, 1.165) is 38.8 Å². The Morgan fingerprint density at radius 1 is 1.15 bits per heavy atom. The number of nitro benzene ring substituents is 1. The zero-order valence-corrected chi connectivity index (χ0v) is 11.4. The summed E-state index contributed by atoms with van der Waals surface area (Å²) in [7, 11) is 0. The molecule has 1 aliphatic rings.